The third-order valence-electron chi connectivity index (χ3n) is 3.31. The summed E-state index contributed by atoms with van der Waals surface area (Å²) in [6.45, 7) is 1.85. The van der Waals surface area contributed by atoms with Gasteiger partial charge in [-0.2, -0.15) is 0 Å². The van der Waals surface area contributed by atoms with Crippen molar-refractivity contribution in [2.75, 3.05) is 19.1 Å². The zero-order valence-corrected chi connectivity index (χ0v) is 12.1. The second-order valence-electron chi connectivity index (χ2n) is 4.56. The number of halogens is 1. The van der Waals surface area contributed by atoms with Crippen LogP contribution >= 0.6 is 0 Å². The second kappa shape index (κ2) is 6.30. The Morgan fingerprint density at radius 2 is 2.05 bits per heavy atom. The molecule has 0 radical (unpaired) electrons. The van der Waals surface area contributed by atoms with Gasteiger partial charge in [0.05, 0.1) is 25.5 Å². The summed E-state index contributed by atoms with van der Waals surface area (Å²) in [6, 6.07) is 6.29. The van der Waals surface area contributed by atoms with E-state index in [0.717, 1.165) is 0 Å². The molecule has 0 fully saturated rings. The third kappa shape index (κ3) is 3.16. The predicted octanol–water partition coefficient (Wildman–Crippen LogP) is 2.60. The monoisotopic (exact) mass is 289 g/mol. The molecule has 0 saturated heterocycles. The maximum Gasteiger partial charge on any atom is 0.358 e. The fraction of sp³-hybridized carbons (Fsp3) is 0.267. The molecule has 21 heavy (non-hydrogen) atoms. The maximum atomic E-state index is 13.8. The molecule has 0 bridgehead atoms. The molecule has 1 atom stereocenters. The average molecular weight is 289 g/mol. The fourth-order valence-electron chi connectivity index (χ4n) is 1.95. The molecule has 1 aromatic carbocycles. The van der Waals surface area contributed by atoms with E-state index in [4.69, 9.17) is 0 Å². The Morgan fingerprint density at radius 3 is 2.71 bits per heavy atom. The number of carbonyl (C=O) groups is 1. The summed E-state index contributed by atoms with van der Waals surface area (Å²) in [4.78, 5) is 21.4. The summed E-state index contributed by atoms with van der Waals surface area (Å²) in [5, 5.41) is 0. The Hall–Kier alpha value is -2.50. The maximum absolute atomic E-state index is 13.8. The van der Waals surface area contributed by atoms with E-state index in [1.165, 1.54) is 25.6 Å². The number of methoxy groups -OCH3 is 1. The number of carbonyl (C=O) groups excluding carboxylic acids is 1. The molecular formula is C15H16FN3O2. The van der Waals surface area contributed by atoms with Crippen LogP contribution in [0, 0.1) is 5.82 Å². The molecule has 1 heterocycles. The van der Waals surface area contributed by atoms with Crippen LogP contribution in [-0.4, -0.2) is 30.1 Å². The highest BCUT2D eigenvalue weighted by Gasteiger charge is 2.18. The van der Waals surface area contributed by atoms with E-state index in [2.05, 4.69) is 14.7 Å². The summed E-state index contributed by atoms with van der Waals surface area (Å²) in [5.41, 5.74) is 0.660. The van der Waals surface area contributed by atoms with Crippen molar-refractivity contribution in [3.8, 4) is 0 Å². The number of ether oxygens (including phenoxy) is 1. The molecule has 2 rings (SSSR count). The largest absolute Gasteiger partial charge is 0.464 e. The number of anilines is 1. The van der Waals surface area contributed by atoms with Crippen LogP contribution in [0.25, 0.3) is 0 Å². The number of aromatic nitrogens is 2. The fourth-order valence-corrected chi connectivity index (χ4v) is 1.95. The Bertz CT molecular complexity index is 648. The minimum Gasteiger partial charge on any atom is -0.464 e. The van der Waals surface area contributed by atoms with Gasteiger partial charge in [-0.15, -0.1) is 0 Å². The summed E-state index contributed by atoms with van der Waals surface area (Å²) in [5.74, 6) is -0.376. The van der Waals surface area contributed by atoms with Gasteiger partial charge in [0.1, 0.15) is 11.6 Å². The minimum atomic E-state index is -0.559. The van der Waals surface area contributed by atoms with Gasteiger partial charge < -0.3 is 9.64 Å². The Kier molecular flexibility index (Phi) is 4.47. The number of esters is 1. The standard InChI is InChI=1S/C15H16FN3O2/c1-10(11-6-4-5-7-12(11)16)19(2)14-9-17-8-13(18-14)15(20)21-3/h4-10H,1-3H3. The summed E-state index contributed by atoms with van der Waals surface area (Å²) in [6.07, 6.45) is 2.85. The first-order valence-electron chi connectivity index (χ1n) is 6.42. The Balaban J connectivity index is 2.29. The molecule has 0 aliphatic carbocycles. The van der Waals surface area contributed by atoms with Gasteiger partial charge in [0.2, 0.25) is 0 Å². The van der Waals surface area contributed by atoms with Crippen molar-refractivity contribution in [1.29, 1.82) is 0 Å². The highest BCUT2D eigenvalue weighted by molar-refractivity contribution is 5.87. The molecule has 0 spiro atoms. The molecule has 0 aliphatic heterocycles. The van der Waals surface area contributed by atoms with Crippen LogP contribution < -0.4 is 4.90 Å². The summed E-state index contributed by atoms with van der Waals surface area (Å²) < 4.78 is 18.5. The van der Waals surface area contributed by atoms with Gasteiger partial charge in [0, 0.05) is 12.6 Å². The van der Waals surface area contributed by atoms with Crippen LogP contribution in [0.3, 0.4) is 0 Å². The number of benzene rings is 1. The molecule has 0 saturated carbocycles. The number of hydrogen-bond acceptors (Lipinski definition) is 5. The first kappa shape index (κ1) is 14.9. The SMILES string of the molecule is COC(=O)c1cncc(N(C)C(C)c2ccccc2F)n1. The molecule has 0 amide bonds. The predicted molar refractivity (Wildman–Crippen MR) is 76.6 cm³/mol. The van der Waals surface area contributed by atoms with Crippen LogP contribution in [0.15, 0.2) is 36.7 Å². The first-order valence-corrected chi connectivity index (χ1v) is 6.42. The topological polar surface area (TPSA) is 55.3 Å². The molecule has 0 aliphatic rings. The van der Waals surface area contributed by atoms with Crippen LogP contribution in [0.1, 0.15) is 29.0 Å². The van der Waals surface area contributed by atoms with Gasteiger partial charge in [-0.05, 0) is 13.0 Å². The van der Waals surface area contributed by atoms with E-state index in [1.54, 1.807) is 30.1 Å². The van der Waals surface area contributed by atoms with E-state index in [-0.39, 0.29) is 17.6 Å². The zero-order chi connectivity index (χ0) is 15.4. The Labute approximate surface area is 122 Å². The van der Waals surface area contributed by atoms with Gasteiger partial charge in [0.25, 0.3) is 0 Å². The lowest BCUT2D eigenvalue weighted by molar-refractivity contribution is 0.0593. The highest BCUT2D eigenvalue weighted by atomic mass is 19.1. The lowest BCUT2D eigenvalue weighted by atomic mass is 10.1. The highest BCUT2D eigenvalue weighted by Crippen LogP contribution is 2.25. The second-order valence-corrected chi connectivity index (χ2v) is 4.56. The van der Waals surface area contributed by atoms with Crippen molar-refractivity contribution in [3.05, 3.63) is 53.7 Å². The minimum absolute atomic E-state index is 0.114. The molecule has 2 aromatic rings. The quantitative estimate of drug-likeness (QED) is 0.810. The summed E-state index contributed by atoms with van der Waals surface area (Å²) in [7, 11) is 3.05. The van der Waals surface area contributed by atoms with Gasteiger partial charge >= 0.3 is 5.97 Å². The normalized spacial score (nSPS) is 11.8. The van der Waals surface area contributed by atoms with E-state index in [0.29, 0.717) is 11.4 Å². The van der Waals surface area contributed by atoms with E-state index < -0.39 is 5.97 Å². The van der Waals surface area contributed by atoms with Crippen molar-refractivity contribution in [3.63, 3.8) is 0 Å². The van der Waals surface area contributed by atoms with Crippen LogP contribution in [0.4, 0.5) is 10.2 Å². The molecule has 6 heteroatoms. The molecule has 110 valence electrons. The molecule has 1 unspecified atom stereocenters. The van der Waals surface area contributed by atoms with Crippen molar-refractivity contribution in [1.82, 2.24) is 9.97 Å². The lowest BCUT2D eigenvalue weighted by Crippen LogP contribution is -2.24. The average Bonchev–Trinajstić information content (AvgIpc) is 2.53. The van der Waals surface area contributed by atoms with Gasteiger partial charge in [-0.1, -0.05) is 18.2 Å². The van der Waals surface area contributed by atoms with Crippen LogP contribution in [0.2, 0.25) is 0 Å². The molecule has 5 nitrogen and oxygen atoms in total. The van der Waals surface area contributed by atoms with Crippen molar-refractivity contribution < 1.29 is 13.9 Å². The Morgan fingerprint density at radius 1 is 1.33 bits per heavy atom. The number of hydrogen-bond donors (Lipinski definition) is 0. The first-order chi connectivity index (χ1) is 10.0. The molecule has 0 N–H and O–H groups in total. The van der Waals surface area contributed by atoms with Gasteiger partial charge in [0.15, 0.2) is 5.69 Å². The lowest BCUT2D eigenvalue weighted by Gasteiger charge is -2.26. The van der Waals surface area contributed by atoms with Crippen molar-refractivity contribution in [2.24, 2.45) is 0 Å². The van der Waals surface area contributed by atoms with Crippen LogP contribution in [-0.2, 0) is 4.74 Å². The van der Waals surface area contributed by atoms with E-state index in [1.807, 2.05) is 6.92 Å². The van der Waals surface area contributed by atoms with E-state index >= 15 is 0 Å². The third-order valence-corrected chi connectivity index (χ3v) is 3.31. The van der Waals surface area contributed by atoms with Crippen molar-refractivity contribution >= 4 is 11.8 Å². The smallest absolute Gasteiger partial charge is 0.358 e. The number of nitrogens with zero attached hydrogens (tertiary/aromatic N) is 3. The van der Waals surface area contributed by atoms with Gasteiger partial charge in [-0.3, -0.25) is 4.98 Å². The molecular weight excluding hydrogens is 273 g/mol. The van der Waals surface area contributed by atoms with Crippen molar-refractivity contribution in [2.45, 2.75) is 13.0 Å². The number of rotatable bonds is 4. The van der Waals surface area contributed by atoms with Gasteiger partial charge in [-0.25, -0.2) is 14.2 Å². The van der Waals surface area contributed by atoms with Crippen LogP contribution in [0.5, 0.6) is 0 Å². The summed E-state index contributed by atoms with van der Waals surface area (Å²) >= 11 is 0. The molecule has 1 aromatic heterocycles. The van der Waals surface area contributed by atoms with E-state index in [9.17, 15) is 9.18 Å². The zero-order valence-electron chi connectivity index (χ0n) is 12.1.